The zero-order chi connectivity index (χ0) is 23.1. The zero-order valence-electron chi connectivity index (χ0n) is 18.6. The first-order chi connectivity index (χ1) is 15.4. The summed E-state index contributed by atoms with van der Waals surface area (Å²) in [5.41, 5.74) is 5.49. The van der Waals surface area contributed by atoms with E-state index < -0.39 is 0 Å². The van der Waals surface area contributed by atoms with Crippen LogP contribution in [0.15, 0.2) is 54.6 Å². The topological polar surface area (TPSA) is 50.7 Å². The predicted molar refractivity (Wildman–Crippen MR) is 131 cm³/mol. The van der Waals surface area contributed by atoms with Crippen LogP contribution < -0.4 is 14.8 Å². The first-order valence-electron chi connectivity index (χ1n) is 10.5. The maximum atomic E-state index is 9.97. The fraction of sp³-hybridized carbons (Fsp3) is 0.259. The Morgan fingerprint density at radius 1 is 1.06 bits per heavy atom. The minimum atomic E-state index is -0.0570. The number of aromatic hydroxyl groups is 1. The summed E-state index contributed by atoms with van der Waals surface area (Å²) in [5, 5.41) is 13.7. The van der Waals surface area contributed by atoms with E-state index in [2.05, 4.69) is 49.4 Å². The third-order valence-corrected chi connectivity index (χ3v) is 5.52. The minimum absolute atomic E-state index is 0.0570. The van der Waals surface area contributed by atoms with E-state index in [1.807, 2.05) is 18.2 Å². The molecular weight excluding hydrogens is 422 g/mol. The van der Waals surface area contributed by atoms with Crippen LogP contribution in [0.4, 0.5) is 5.69 Å². The number of terminal acetylenes is 1. The fourth-order valence-corrected chi connectivity index (χ4v) is 3.66. The number of rotatable bonds is 9. The van der Waals surface area contributed by atoms with Crippen molar-refractivity contribution in [3.63, 3.8) is 0 Å². The summed E-state index contributed by atoms with van der Waals surface area (Å²) < 4.78 is 10.8. The van der Waals surface area contributed by atoms with Gasteiger partial charge in [0, 0.05) is 12.2 Å². The average molecular weight is 450 g/mol. The van der Waals surface area contributed by atoms with Crippen LogP contribution in [-0.2, 0) is 13.0 Å². The number of hydrogen-bond donors (Lipinski definition) is 2. The summed E-state index contributed by atoms with van der Waals surface area (Å²) in [6.45, 7) is 5.11. The molecule has 0 fully saturated rings. The summed E-state index contributed by atoms with van der Waals surface area (Å²) in [6, 6.07) is 18.1. The predicted octanol–water partition coefficient (Wildman–Crippen LogP) is 6.39. The molecule has 0 heterocycles. The average Bonchev–Trinajstić information content (AvgIpc) is 2.79. The van der Waals surface area contributed by atoms with Crippen LogP contribution in [0.2, 0.25) is 5.02 Å². The van der Waals surface area contributed by atoms with Crippen LogP contribution in [0, 0.1) is 12.3 Å². The van der Waals surface area contributed by atoms with E-state index in [-0.39, 0.29) is 17.4 Å². The molecule has 2 N–H and O–H groups in total. The van der Waals surface area contributed by atoms with Gasteiger partial charge in [0.25, 0.3) is 0 Å². The molecule has 3 rings (SSSR count). The Morgan fingerprint density at radius 3 is 2.47 bits per heavy atom. The summed E-state index contributed by atoms with van der Waals surface area (Å²) in [7, 11) is 1.50. The van der Waals surface area contributed by atoms with E-state index >= 15 is 0 Å². The minimum Gasteiger partial charge on any atom is -0.503 e. The van der Waals surface area contributed by atoms with Gasteiger partial charge >= 0.3 is 0 Å². The van der Waals surface area contributed by atoms with Gasteiger partial charge in [-0.2, -0.15) is 0 Å². The van der Waals surface area contributed by atoms with E-state index in [0.717, 1.165) is 29.0 Å². The number of anilines is 1. The summed E-state index contributed by atoms with van der Waals surface area (Å²) in [5.74, 6) is 4.02. The molecule has 0 bridgehead atoms. The highest BCUT2D eigenvalue weighted by atomic mass is 35.5. The Kier molecular flexibility index (Phi) is 7.92. The molecule has 0 aliphatic carbocycles. The molecule has 0 aliphatic rings. The molecule has 0 aliphatic heterocycles. The molecular formula is C27H28ClNO3. The Morgan fingerprint density at radius 2 is 1.81 bits per heavy atom. The van der Waals surface area contributed by atoms with Crippen molar-refractivity contribution in [2.45, 2.75) is 32.7 Å². The van der Waals surface area contributed by atoms with E-state index in [0.29, 0.717) is 18.2 Å². The molecule has 3 aromatic rings. The van der Waals surface area contributed by atoms with Crippen molar-refractivity contribution in [2.75, 3.05) is 19.0 Å². The summed E-state index contributed by atoms with van der Waals surface area (Å²) >= 11 is 6.13. The lowest BCUT2D eigenvalue weighted by Gasteiger charge is -2.16. The lowest BCUT2D eigenvalue weighted by Crippen LogP contribution is -2.05. The molecule has 0 saturated carbocycles. The smallest absolute Gasteiger partial charge is 0.176 e. The molecule has 5 heteroatoms. The highest BCUT2D eigenvalue weighted by Gasteiger charge is 2.11. The van der Waals surface area contributed by atoms with Crippen molar-refractivity contribution in [1.82, 2.24) is 0 Å². The van der Waals surface area contributed by atoms with Crippen molar-refractivity contribution >= 4 is 17.3 Å². The lowest BCUT2D eigenvalue weighted by atomic mass is 9.98. The lowest BCUT2D eigenvalue weighted by molar-refractivity contribution is 0.370. The third kappa shape index (κ3) is 5.90. The van der Waals surface area contributed by atoms with Gasteiger partial charge in [-0.25, -0.2) is 0 Å². The van der Waals surface area contributed by atoms with Gasteiger partial charge in [0.2, 0.25) is 0 Å². The van der Waals surface area contributed by atoms with Crippen molar-refractivity contribution in [3.05, 3.63) is 81.9 Å². The van der Waals surface area contributed by atoms with Gasteiger partial charge in [-0.1, -0.05) is 55.6 Å². The molecule has 0 saturated heterocycles. The Bertz CT molecular complexity index is 1100. The molecule has 0 aromatic heterocycles. The number of phenols is 1. The van der Waals surface area contributed by atoms with Crippen molar-refractivity contribution in [2.24, 2.45) is 0 Å². The normalized spacial score (nSPS) is 10.6. The van der Waals surface area contributed by atoms with E-state index in [1.54, 1.807) is 12.1 Å². The quantitative estimate of drug-likeness (QED) is 0.371. The Labute approximate surface area is 195 Å². The molecule has 32 heavy (non-hydrogen) atoms. The van der Waals surface area contributed by atoms with Gasteiger partial charge in [0.1, 0.15) is 12.4 Å². The number of hydrogen-bond acceptors (Lipinski definition) is 4. The van der Waals surface area contributed by atoms with E-state index in [4.69, 9.17) is 27.5 Å². The SMILES string of the molecule is C#CCOc1ccc(NCc2cc(Cl)c(O)c(OC)c2)c(Cc2ccc(C(C)C)cc2)c1. The van der Waals surface area contributed by atoms with Crippen LogP contribution in [0.3, 0.4) is 0 Å². The standard InChI is InChI=1S/C27H28ClNO3/c1-5-12-32-23-10-11-25(29-17-20-14-24(28)27(30)26(15-20)31-4)22(16-23)13-19-6-8-21(9-7-19)18(2)3/h1,6-11,14-16,18,29-30H,12-13,17H2,2-4H3. The highest BCUT2D eigenvalue weighted by molar-refractivity contribution is 6.32. The second kappa shape index (κ2) is 10.8. The first kappa shape index (κ1) is 23.4. The molecule has 0 radical (unpaired) electrons. The van der Waals surface area contributed by atoms with Gasteiger partial charge in [0.05, 0.1) is 12.1 Å². The molecule has 166 valence electrons. The van der Waals surface area contributed by atoms with Crippen LogP contribution in [-0.4, -0.2) is 18.8 Å². The number of nitrogens with one attached hydrogen (secondary N) is 1. The van der Waals surface area contributed by atoms with Gasteiger partial charge in [0.15, 0.2) is 11.5 Å². The van der Waals surface area contributed by atoms with Gasteiger partial charge in [-0.15, -0.1) is 6.42 Å². The van der Waals surface area contributed by atoms with Crippen LogP contribution >= 0.6 is 11.6 Å². The van der Waals surface area contributed by atoms with Crippen LogP contribution in [0.25, 0.3) is 0 Å². The van der Waals surface area contributed by atoms with Gasteiger partial charge in [-0.05, 0) is 64.9 Å². The van der Waals surface area contributed by atoms with Crippen LogP contribution in [0.5, 0.6) is 17.2 Å². The molecule has 4 nitrogen and oxygen atoms in total. The molecule has 3 aromatic carbocycles. The monoisotopic (exact) mass is 449 g/mol. The fourth-order valence-electron chi connectivity index (χ4n) is 3.43. The maximum Gasteiger partial charge on any atom is 0.176 e. The largest absolute Gasteiger partial charge is 0.503 e. The van der Waals surface area contributed by atoms with Crippen molar-refractivity contribution < 1.29 is 14.6 Å². The van der Waals surface area contributed by atoms with Crippen molar-refractivity contribution in [1.29, 1.82) is 0 Å². The molecule has 0 amide bonds. The second-order valence-electron chi connectivity index (χ2n) is 7.87. The van der Waals surface area contributed by atoms with Gasteiger partial charge in [-0.3, -0.25) is 0 Å². The second-order valence-corrected chi connectivity index (χ2v) is 8.27. The highest BCUT2D eigenvalue weighted by Crippen LogP contribution is 2.35. The summed E-state index contributed by atoms with van der Waals surface area (Å²) in [6.07, 6.45) is 6.08. The number of methoxy groups -OCH3 is 1. The number of phenolic OH excluding ortho intramolecular Hbond substituents is 1. The van der Waals surface area contributed by atoms with E-state index in [1.165, 1.54) is 18.2 Å². The molecule has 0 spiro atoms. The molecule has 0 unspecified atom stereocenters. The first-order valence-corrected chi connectivity index (χ1v) is 10.9. The third-order valence-electron chi connectivity index (χ3n) is 5.23. The van der Waals surface area contributed by atoms with Gasteiger partial charge < -0.3 is 19.9 Å². The number of halogens is 1. The zero-order valence-corrected chi connectivity index (χ0v) is 19.4. The molecule has 0 atom stereocenters. The number of benzene rings is 3. The summed E-state index contributed by atoms with van der Waals surface area (Å²) in [4.78, 5) is 0. The number of ether oxygens (including phenoxy) is 2. The van der Waals surface area contributed by atoms with Crippen molar-refractivity contribution in [3.8, 4) is 29.6 Å². The maximum absolute atomic E-state index is 9.97. The Hall–Kier alpha value is -3.29. The Balaban J connectivity index is 1.84. The van der Waals surface area contributed by atoms with E-state index in [9.17, 15) is 5.11 Å². The van der Waals surface area contributed by atoms with Crippen LogP contribution in [0.1, 0.15) is 42.0 Å².